The van der Waals surface area contributed by atoms with Crippen LogP contribution in [0.3, 0.4) is 0 Å². The van der Waals surface area contributed by atoms with E-state index in [1.54, 1.807) is 0 Å². The van der Waals surface area contributed by atoms with Crippen LogP contribution in [-0.4, -0.2) is 31.5 Å². The van der Waals surface area contributed by atoms with E-state index in [1.807, 2.05) is 0 Å². The molecule has 19 heavy (non-hydrogen) atoms. The van der Waals surface area contributed by atoms with Gasteiger partial charge in [0.2, 0.25) is 5.96 Å². The minimum atomic E-state index is -3.81. The lowest BCUT2D eigenvalue weighted by Crippen LogP contribution is -2.41. The van der Waals surface area contributed by atoms with Crippen LogP contribution in [0.25, 0.3) is 0 Å². The Labute approximate surface area is 114 Å². The molecule has 1 unspecified atom stereocenters. The Morgan fingerprint density at radius 1 is 1.47 bits per heavy atom. The van der Waals surface area contributed by atoms with Crippen LogP contribution >= 0.6 is 11.6 Å². The highest BCUT2D eigenvalue weighted by Gasteiger charge is 2.27. The SMILES string of the molecule is CC(N=C1Nc2ccc(Cl)cc2S(=O)(=O)N1)C(=O)O. The monoisotopic (exact) mass is 303 g/mol. The first-order chi connectivity index (χ1) is 8.79. The van der Waals surface area contributed by atoms with Crippen LogP contribution < -0.4 is 10.0 Å². The Balaban J connectivity index is 2.44. The molecule has 0 aliphatic carbocycles. The van der Waals surface area contributed by atoms with Crippen LogP contribution in [0.5, 0.6) is 0 Å². The molecule has 0 aromatic heterocycles. The van der Waals surface area contributed by atoms with Crippen molar-refractivity contribution in [2.45, 2.75) is 17.9 Å². The molecule has 1 aromatic rings. The van der Waals surface area contributed by atoms with Gasteiger partial charge in [0.15, 0.2) is 0 Å². The maximum atomic E-state index is 11.9. The minimum Gasteiger partial charge on any atom is -0.480 e. The fourth-order valence-electron chi connectivity index (χ4n) is 1.46. The number of halogens is 1. The van der Waals surface area contributed by atoms with Crippen LogP contribution in [0.1, 0.15) is 6.92 Å². The number of carboxylic acids is 1. The summed E-state index contributed by atoms with van der Waals surface area (Å²) in [5.41, 5.74) is 0.291. The summed E-state index contributed by atoms with van der Waals surface area (Å²) in [7, 11) is -3.81. The third kappa shape index (κ3) is 2.79. The molecule has 102 valence electrons. The number of hydrogen-bond donors (Lipinski definition) is 3. The van der Waals surface area contributed by atoms with E-state index in [-0.39, 0.29) is 15.9 Å². The van der Waals surface area contributed by atoms with Gasteiger partial charge in [-0.3, -0.25) is 0 Å². The number of rotatable bonds is 2. The molecule has 9 heteroatoms. The number of aliphatic carboxylic acids is 1. The Morgan fingerprint density at radius 2 is 2.16 bits per heavy atom. The van der Waals surface area contributed by atoms with Crippen molar-refractivity contribution >= 4 is 39.2 Å². The highest BCUT2D eigenvalue weighted by Crippen LogP contribution is 2.27. The van der Waals surface area contributed by atoms with Crippen molar-refractivity contribution in [1.82, 2.24) is 4.72 Å². The summed E-state index contributed by atoms with van der Waals surface area (Å²) in [5.74, 6) is -1.29. The van der Waals surface area contributed by atoms with E-state index in [0.29, 0.717) is 5.69 Å². The number of guanidine groups is 1. The second kappa shape index (κ2) is 4.71. The Hall–Kier alpha value is -1.80. The lowest BCUT2D eigenvalue weighted by atomic mass is 10.3. The number of anilines is 1. The summed E-state index contributed by atoms with van der Waals surface area (Å²) in [6.07, 6.45) is 0. The molecule has 0 amide bonds. The number of benzene rings is 1. The highest BCUT2D eigenvalue weighted by atomic mass is 35.5. The molecule has 2 rings (SSSR count). The first-order valence-electron chi connectivity index (χ1n) is 5.19. The minimum absolute atomic E-state index is 0.0121. The third-order valence-corrected chi connectivity index (χ3v) is 4.01. The molecule has 7 nitrogen and oxygen atoms in total. The van der Waals surface area contributed by atoms with Crippen molar-refractivity contribution in [3.8, 4) is 0 Å². The molecule has 1 heterocycles. The lowest BCUT2D eigenvalue weighted by molar-refractivity contribution is -0.137. The van der Waals surface area contributed by atoms with Gasteiger partial charge in [-0.05, 0) is 25.1 Å². The zero-order chi connectivity index (χ0) is 14.2. The summed E-state index contributed by atoms with van der Waals surface area (Å²) in [6.45, 7) is 1.34. The number of nitrogens with zero attached hydrogens (tertiary/aromatic N) is 1. The third-order valence-electron chi connectivity index (χ3n) is 2.40. The Morgan fingerprint density at radius 3 is 2.79 bits per heavy atom. The molecular weight excluding hydrogens is 294 g/mol. The van der Waals surface area contributed by atoms with Crippen molar-refractivity contribution in [2.24, 2.45) is 4.99 Å². The number of aliphatic imine (C=N–C) groups is 1. The van der Waals surface area contributed by atoms with Gasteiger partial charge in [-0.15, -0.1) is 0 Å². The van der Waals surface area contributed by atoms with Crippen molar-refractivity contribution in [3.63, 3.8) is 0 Å². The number of carbonyl (C=O) groups is 1. The first-order valence-corrected chi connectivity index (χ1v) is 7.06. The molecule has 1 aromatic carbocycles. The number of nitrogens with one attached hydrogen (secondary N) is 2. The predicted molar refractivity (Wildman–Crippen MR) is 69.9 cm³/mol. The second-order valence-electron chi connectivity index (χ2n) is 3.86. The average Bonchev–Trinajstić information content (AvgIpc) is 2.29. The maximum Gasteiger partial charge on any atom is 0.328 e. The van der Waals surface area contributed by atoms with E-state index < -0.39 is 22.0 Å². The second-order valence-corrected chi connectivity index (χ2v) is 5.95. The van der Waals surface area contributed by atoms with Gasteiger partial charge in [0.1, 0.15) is 10.9 Å². The van der Waals surface area contributed by atoms with Gasteiger partial charge in [0.25, 0.3) is 10.0 Å². The van der Waals surface area contributed by atoms with Crippen LogP contribution in [0.2, 0.25) is 5.02 Å². The summed E-state index contributed by atoms with van der Waals surface area (Å²) in [4.78, 5) is 14.4. The summed E-state index contributed by atoms with van der Waals surface area (Å²) >= 11 is 5.74. The molecule has 0 fully saturated rings. The number of hydrogen-bond acceptors (Lipinski definition) is 4. The molecule has 1 atom stereocenters. The van der Waals surface area contributed by atoms with Gasteiger partial charge in [-0.25, -0.2) is 22.9 Å². The maximum absolute atomic E-state index is 11.9. The molecule has 0 saturated heterocycles. The first kappa shape index (κ1) is 13.6. The number of fused-ring (bicyclic) bond motifs is 1. The van der Waals surface area contributed by atoms with Crippen LogP contribution in [0.4, 0.5) is 5.69 Å². The smallest absolute Gasteiger partial charge is 0.328 e. The zero-order valence-corrected chi connectivity index (χ0v) is 11.3. The van der Waals surface area contributed by atoms with Gasteiger partial charge in [-0.1, -0.05) is 11.6 Å². The molecule has 0 bridgehead atoms. The van der Waals surface area contributed by atoms with Gasteiger partial charge >= 0.3 is 5.97 Å². The molecule has 0 spiro atoms. The molecule has 0 saturated carbocycles. The van der Waals surface area contributed by atoms with Crippen LogP contribution in [-0.2, 0) is 14.8 Å². The molecular formula is C10H10ClN3O4S. The van der Waals surface area contributed by atoms with E-state index in [4.69, 9.17) is 16.7 Å². The van der Waals surface area contributed by atoms with Gasteiger partial charge in [-0.2, -0.15) is 0 Å². The van der Waals surface area contributed by atoms with Gasteiger partial charge in [0.05, 0.1) is 5.69 Å². The Kier molecular flexibility index (Phi) is 3.38. The van der Waals surface area contributed by atoms with Crippen LogP contribution in [0, 0.1) is 0 Å². The van der Waals surface area contributed by atoms with E-state index in [2.05, 4.69) is 15.0 Å². The van der Waals surface area contributed by atoms with E-state index in [1.165, 1.54) is 25.1 Å². The zero-order valence-electron chi connectivity index (χ0n) is 9.71. The predicted octanol–water partition coefficient (Wildman–Crippen LogP) is 0.873. The summed E-state index contributed by atoms with van der Waals surface area (Å²) in [6, 6.07) is 3.23. The summed E-state index contributed by atoms with van der Waals surface area (Å²) in [5, 5.41) is 11.7. The van der Waals surface area contributed by atoms with Crippen molar-refractivity contribution in [1.29, 1.82) is 0 Å². The van der Waals surface area contributed by atoms with Crippen molar-refractivity contribution in [3.05, 3.63) is 23.2 Å². The van der Waals surface area contributed by atoms with E-state index in [9.17, 15) is 13.2 Å². The normalized spacial score (nSPS) is 20.0. The number of sulfonamides is 1. The fourth-order valence-corrected chi connectivity index (χ4v) is 2.86. The van der Waals surface area contributed by atoms with Gasteiger partial charge < -0.3 is 10.4 Å². The van der Waals surface area contributed by atoms with Gasteiger partial charge in [0, 0.05) is 5.02 Å². The average molecular weight is 304 g/mol. The Bertz CT molecular complexity index is 671. The molecule has 1 aliphatic rings. The van der Waals surface area contributed by atoms with E-state index >= 15 is 0 Å². The molecule has 3 N–H and O–H groups in total. The standard InChI is InChI=1S/C10H10ClN3O4S/c1-5(9(15)16)12-10-13-7-3-2-6(11)4-8(7)19(17,18)14-10/h2-5H,1H3,(H,15,16)(H2,12,13,14). The van der Waals surface area contributed by atoms with E-state index in [0.717, 1.165) is 0 Å². The molecule has 0 radical (unpaired) electrons. The highest BCUT2D eigenvalue weighted by molar-refractivity contribution is 7.90. The lowest BCUT2D eigenvalue weighted by Gasteiger charge is -2.22. The quantitative estimate of drug-likeness (QED) is 0.751. The van der Waals surface area contributed by atoms with Crippen molar-refractivity contribution in [2.75, 3.05) is 5.32 Å². The fraction of sp³-hybridized carbons (Fsp3) is 0.200. The van der Waals surface area contributed by atoms with Crippen LogP contribution in [0.15, 0.2) is 28.1 Å². The topological polar surface area (TPSA) is 108 Å². The van der Waals surface area contributed by atoms with Crippen molar-refractivity contribution < 1.29 is 18.3 Å². The summed E-state index contributed by atoms with van der Waals surface area (Å²) < 4.78 is 26.0. The number of carboxylic acid groups (broad SMARTS) is 1. The molecule has 1 aliphatic heterocycles. The largest absolute Gasteiger partial charge is 0.480 e.